The van der Waals surface area contributed by atoms with Gasteiger partial charge in [0.1, 0.15) is 12.1 Å². The second kappa shape index (κ2) is 8.69. The molecule has 2 N–H and O–H groups in total. The SMILES string of the molecule is Cl.Cl.O=C(Nc1ccc(-n2cnc3ccccc32)nc1)[C@@]12CCCC[C@H]1CNC2. The van der Waals surface area contributed by atoms with Crippen LogP contribution < -0.4 is 10.6 Å². The molecule has 1 aliphatic heterocycles. The number of fused-ring (bicyclic) bond motifs is 2. The van der Waals surface area contributed by atoms with Crippen molar-refractivity contribution in [1.82, 2.24) is 19.9 Å². The van der Waals surface area contributed by atoms with Gasteiger partial charge in [-0.1, -0.05) is 25.0 Å². The lowest BCUT2D eigenvalue weighted by atomic mass is 9.67. The summed E-state index contributed by atoms with van der Waals surface area (Å²) in [6.07, 6.45) is 8.00. The van der Waals surface area contributed by atoms with Crippen molar-refractivity contribution in [2.45, 2.75) is 25.7 Å². The summed E-state index contributed by atoms with van der Waals surface area (Å²) >= 11 is 0. The molecule has 3 heterocycles. The fourth-order valence-electron chi connectivity index (χ4n) is 4.69. The number of rotatable bonds is 3. The largest absolute Gasteiger partial charge is 0.324 e. The lowest BCUT2D eigenvalue weighted by Crippen LogP contribution is -2.44. The number of hydrogen-bond acceptors (Lipinski definition) is 4. The fraction of sp³-hybridized carbons (Fsp3) is 0.381. The number of para-hydroxylation sites is 2. The van der Waals surface area contributed by atoms with Gasteiger partial charge in [0, 0.05) is 6.54 Å². The number of pyridine rings is 1. The zero-order chi connectivity index (χ0) is 18.3. The minimum atomic E-state index is -0.253. The van der Waals surface area contributed by atoms with Gasteiger partial charge in [-0.15, -0.1) is 24.8 Å². The van der Waals surface area contributed by atoms with E-state index in [0.29, 0.717) is 5.92 Å². The second-order valence-electron chi connectivity index (χ2n) is 7.69. The first-order valence-electron chi connectivity index (χ1n) is 9.67. The Morgan fingerprint density at radius 1 is 1.14 bits per heavy atom. The minimum Gasteiger partial charge on any atom is -0.324 e. The average Bonchev–Trinajstić information content (AvgIpc) is 3.33. The molecule has 2 aromatic heterocycles. The Labute approximate surface area is 182 Å². The normalized spacial score (nSPS) is 23.0. The van der Waals surface area contributed by atoms with Crippen molar-refractivity contribution in [2.75, 3.05) is 18.4 Å². The molecule has 5 rings (SSSR count). The van der Waals surface area contributed by atoms with E-state index in [1.165, 1.54) is 6.42 Å². The summed E-state index contributed by atoms with van der Waals surface area (Å²) in [5, 5.41) is 6.55. The Morgan fingerprint density at radius 3 is 2.83 bits per heavy atom. The van der Waals surface area contributed by atoms with Crippen LogP contribution in [0, 0.1) is 11.3 Å². The molecule has 0 unspecified atom stereocenters. The molecule has 0 bridgehead atoms. The third kappa shape index (κ3) is 3.72. The maximum atomic E-state index is 13.1. The van der Waals surface area contributed by atoms with Crippen LogP contribution in [0.25, 0.3) is 16.9 Å². The molecule has 1 amide bonds. The van der Waals surface area contributed by atoms with Gasteiger partial charge in [0.15, 0.2) is 0 Å². The van der Waals surface area contributed by atoms with Crippen LogP contribution in [-0.2, 0) is 4.79 Å². The van der Waals surface area contributed by atoms with Crippen LogP contribution in [0.4, 0.5) is 5.69 Å². The third-order valence-corrected chi connectivity index (χ3v) is 6.20. The van der Waals surface area contributed by atoms with Crippen molar-refractivity contribution in [2.24, 2.45) is 11.3 Å². The first-order valence-corrected chi connectivity index (χ1v) is 9.67. The van der Waals surface area contributed by atoms with E-state index in [9.17, 15) is 4.79 Å². The summed E-state index contributed by atoms with van der Waals surface area (Å²) in [6, 6.07) is 11.8. The molecular weight excluding hydrogens is 409 g/mol. The summed E-state index contributed by atoms with van der Waals surface area (Å²) in [4.78, 5) is 22.0. The highest BCUT2D eigenvalue weighted by Crippen LogP contribution is 2.44. The molecule has 29 heavy (non-hydrogen) atoms. The highest BCUT2D eigenvalue weighted by molar-refractivity contribution is 5.96. The molecule has 2 atom stereocenters. The van der Waals surface area contributed by atoms with Crippen molar-refractivity contribution >= 4 is 47.4 Å². The summed E-state index contributed by atoms with van der Waals surface area (Å²) in [5.41, 5.74) is 2.45. The van der Waals surface area contributed by atoms with E-state index in [1.54, 1.807) is 12.5 Å². The maximum absolute atomic E-state index is 13.1. The molecule has 1 aromatic carbocycles. The molecule has 6 nitrogen and oxygen atoms in total. The van der Waals surface area contributed by atoms with E-state index in [-0.39, 0.29) is 36.1 Å². The van der Waals surface area contributed by atoms with E-state index < -0.39 is 0 Å². The van der Waals surface area contributed by atoms with Crippen molar-refractivity contribution in [1.29, 1.82) is 0 Å². The molecule has 0 radical (unpaired) electrons. The Kier molecular flexibility index (Phi) is 6.46. The van der Waals surface area contributed by atoms with Crippen LogP contribution in [0.3, 0.4) is 0 Å². The lowest BCUT2D eigenvalue weighted by Gasteiger charge is -2.37. The van der Waals surface area contributed by atoms with Gasteiger partial charge in [0.2, 0.25) is 5.91 Å². The van der Waals surface area contributed by atoms with Gasteiger partial charge in [-0.3, -0.25) is 9.36 Å². The summed E-state index contributed by atoms with van der Waals surface area (Å²) in [7, 11) is 0. The Morgan fingerprint density at radius 2 is 2.00 bits per heavy atom. The van der Waals surface area contributed by atoms with Crippen molar-refractivity contribution < 1.29 is 4.79 Å². The highest BCUT2D eigenvalue weighted by atomic mass is 35.5. The molecule has 1 aliphatic carbocycles. The van der Waals surface area contributed by atoms with Gasteiger partial charge < -0.3 is 10.6 Å². The molecule has 3 aromatic rings. The maximum Gasteiger partial charge on any atom is 0.232 e. The van der Waals surface area contributed by atoms with Crippen LogP contribution in [0.5, 0.6) is 0 Å². The summed E-state index contributed by atoms with van der Waals surface area (Å²) < 4.78 is 1.96. The van der Waals surface area contributed by atoms with Crippen LogP contribution in [0.1, 0.15) is 25.7 Å². The monoisotopic (exact) mass is 433 g/mol. The number of aromatic nitrogens is 3. The van der Waals surface area contributed by atoms with E-state index in [2.05, 4.69) is 20.6 Å². The number of benzene rings is 1. The van der Waals surface area contributed by atoms with Gasteiger partial charge in [-0.2, -0.15) is 0 Å². The standard InChI is InChI=1S/C21H23N5O.2ClH/c27-20(21-10-4-3-5-15(21)11-22-13-21)25-16-8-9-19(23-12-16)26-14-24-17-6-1-2-7-18(17)26;;/h1-2,6-9,12,14-15,22H,3-5,10-11,13H2,(H,25,27);2*1H/t15-,21+;;/m0../s1. The third-order valence-electron chi connectivity index (χ3n) is 6.20. The van der Waals surface area contributed by atoms with E-state index in [0.717, 1.165) is 54.9 Å². The second-order valence-corrected chi connectivity index (χ2v) is 7.69. The van der Waals surface area contributed by atoms with E-state index >= 15 is 0 Å². The van der Waals surface area contributed by atoms with Gasteiger partial charge in [0.25, 0.3) is 0 Å². The number of hydrogen-bond donors (Lipinski definition) is 2. The zero-order valence-electron chi connectivity index (χ0n) is 16.0. The van der Waals surface area contributed by atoms with Gasteiger partial charge in [-0.05, 0) is 49.6 Å². The first-order chi connectivity index (χ1) is 13.3. The molecule has 2 fully saturated rings. The first kappa shape index (κ1) is 21.6. The van der Waals surface area contributed by atoms with Crippen LogP contribution in [0.15, 0.2) is 48.9 Å². The van der Waals surface area contributed by atoms with E-state index in [1.807, 2.05) is 41.0 Å². The van der Waals surface area contributed by atoms with Gasteiger partial charge in [0.05, 0.1) is 28.3 Å². The van der Waals surface area contributed by atoms with E-state index in [4.69, 9.17) is 0 Å². The number of imidazole rings is 1. The molecule has 8 heteroatoms. The molecule has 154 valence electrons. The smallest absolute Gasteiger partial charge is 0.232 e. The van der Waals surface area contributed by atoms with Crippen molar-refractivity contribution in [3.8, 4) is 5.82 Å². The molecule has 2 aliphatic rings. The predicted octanol–water partition coefficient (Wildman–Crippen LogP) is 3.98. The van der Waals surface area contributed by atoms with Gasteiger partial charge in [-0.25, -0.2) is 9.97 Å². The Hall–Kier alpha value is -2.15. The molecule has 1 saturated carbocycles. The highest BCUT2D eigenvalue weighted by Gasteiger charge is 2.49. The number of nitrogens with one attached hydrogen (secondary N) is 2. The van der Waals surface area contributed by atoms with Crippen molar-refractivity contribution in [3.05, 3.63) is 48.9 Å². The number of amides is 1. The fourth-order valence-corrected chi connectivity index (χ4v) is 4.69. The average molecular weight is 434 g/mol. The molecule has 1 saturated heterocycles. The molecular formula is C21H25Cl2N5O. The van der Waals surface area contributed by atoms with Crippen LogP contribution in [0.2, 0.25) is 0 Å². The predicted molar refractivity (Wildman–Crippen MR) is 119 cm³/mol. The Bertz CT molecular complexity index is 990. The number of carbonyl (C=O) groups is 1. The van der Waals surface area contributed by atoms with Crippen LogP contribution >= 0.6 is 24.8 Å². The minimum absolute atomic E-state index is 0. The summed E-state index contributed by atoms with van der Waals surface area (Å²) in [6.45, 7) is 1.74. The van der Waals surface area contributed by atoms with Crippen LogP contribution in [-0.4, -0.2) is 33.5 Å². The zero-order valence-corrected chi connectivity index (χ0v) is 17.6. The number of nitrogens with zero attached hydrogens (tertiary/aromatic N) is 3. The Balaban J connectivity index is 0.00000120. The quantitative estimate of drug-likeness (QED) is 0.654. The summed E-state index contributed by atoms with van der Waals surface area (Å²) in [5.74, 6) is 1.38. The number of halogens is 2. The topological polar surface area (TPSA) is 71.8 Å². The molecule has 0 spiro atoms. The van der Waals surface area contributed by atoms with Gasteiger partial charge >= 0.3 is 0 Å². The number of anilines is 1. The lowest BCUT2D eigenvalue weighted by molar-refractivity contribution is -0.128. The number of carbonyl (C=O) groups excluding carboxylic acids is 1. The van der Waals surface area contributed by atoms with Crippen molar-refractivity contribution in [3.63, 3.8) is 0 Å².